The number of aromatic nitrogens is 3. The Hall–Kier alpha value is -2.05. The van der Waals surface area contributed by atoms with Crippen LogP contribution < -0.4 is 0 Å². The molecule has 0 unspecified atom stereocenters. The third kappa shape index (κ3) is 3.76. The van der Waals surface area contributed by atoms with Crippen molar-refractivity contribution in [1.29, 1.82) is 0 Å². The van der Waals surface area contributed by atoms with Crippen LogP contribution >= 0.6 is 0 Å². The maximum atomic E-state index is 9.38. The second-order valence-corrected chi connectivity index (χ2v) is 3.42. The fourth-order valence-corrected chi connectivity index (χ4v) is 1.25. The summed E-state index contributed by atoms with van der Waals surface area (Å²) in [7, 11) is 0. The van der Waals surface area contributed by atoms with Crippen LogP contribution in [0, 0.1) is 6.92 Å². The average molecular weight is 249 g/mol. The number of aromatic hydroxyl groups is 1. The highest BCUT2D eigenvalue weighted by atomic mass is 16.3. The van der Waals surface area contributed by atoms with Crippen molar-refractivity contribution in [2.75, 3.05) is 0 Å². The summed E-state index contributed by atoms with van der Waals surface area (Å²) < 4.78 is 0. The van der Waals surface area contributed by atoms with Gasteiger partial charge in [-0.2, -0.15) is 0 Å². The molecule has 0 aliphatic carbocycles. The van der Waals surface area contributed by atoms with Crippen LogP contribution in [0.4, 0.5) is 0 Å². The molecular weight excluding hydrogens is 234 g/mol. The van der Waals surface area contributed by atoms with E-state index in [1.54, 1.807) is 25.4 Å². The Kier molecular flexibility index (Phi) is 5.69. The van der Waals surface area contributed by atoms with E-state index in [9.17, 15) is 5.11 Å². The van der Waals surface area contributed by atoms with Gasteiger partial charge in [-0.3, -0.25) is 4.98 Å². The summed E-state index contributed by atoms with van der Waals surface area (Å²) in [5, 5.41) is 27.0. The summed E-state index contributed by atoms with van der Waals surface area (Å²) in [5.74, 6) is -0.0379. The zero-order chi connectivity index (χ0) is 13.4. The Balaban J connectivity index is 0.000000225. The molecule has 0 aromatic carbocycles. The Bertz CT molecular complexity index is 451. The van der Waals surface area contributed by atoms with Gasteiger partial charge in [-0.1, -0.05) is 0 Å². The number of aliphatic hydroxyl groups excluding tert-OH is 2. The highest BCUT2D eigenvalue weighted by Gasteiger charge is 2.09. The first-order valence-electron chi connectivity index (χ1n) is 5.28. The van der Waals surface area contributed by atoms with Crippen LogP contribution in [0.5, 0.6) is 5.75 Å². The summed E-state index contributed by atoms with van der Waals surface area (Å²) in [5.41, 5.74) is 1.27. The minimum Gasteiger partial charge on any atom is -0.506 e. The highest BCUT2D eigenvalue weighted by Crippen LogP contribution is 2.23. The zero-order valence-corrected chi connectivity index (χ0v) is 9.98. The third-order valence-electron chi connectivity index (χ3n) is 2.24. The Morgan fingerprint density at radius 1 is 1.11 bits per heavy atom. The molecule has 0 saturated heterocycles. The van der Waals surface area contributed by atoms with Crippen molar-refractivity contribution in [3.05, 3.63) is 47.8 Å². The lowest BCUT2D eigenvalue weighted by Crippen LogP contribution is -1.98. The van der Waals surface area contributed by atoms with Crippen molar-refractivity contribution in [1.82, 2.24) is 15.0 Å². The first-order valence-corrected chi connectivity index (χ1v) is 5.28. The fourth-order valence-electron chi connectivity index (χ4n) is 1.25. The third-order valence-corrected chi connectivity index (χ3v) is 2.24. The molecule has 0 amide bonds. The topological polar surface area (TPSA) is 99.4 Å². The van der Waals surface area contributed by atoms with Gasteiger partial charge >= 0.3 is 0 Å². The Labute approximate surface area is 105 Å². The van der Waals surface area contributed by atoms with Crippen molar-refractivity contribution < 1.29 is 15.3 Å². The van der Waals surface area contributed by atoms with Crippen LogP contribution in [0.2, 0.25) is 0 Å². The number of nitrogens with zero attached hydrogens (tertiary/aromatic N) is 3. The molecule has 18 heavy (non-hydrogen) atoms. The first kappa shape index (κ1) is 14.0. The van der Waals surface area contributed by atoms with E-state index in [0.717, 1.165) is 0 Å². The predicted octanol–water partition coefficient (Wildman–Crippen LogP) is 0.557. The molecule has 3 N–H and O–H groups in total. The molecule has 0 fully saturated rings. The molecule has 0 bridgehead atoms. The van der Waals surface area contributed by atoms with Gasteiger partial charge in [-0.25, -0.2) is 9.97 Å². The molecule has 6 nitrogen and oxygen atoms in total. The number of aryl methyl sites for hydroxylation is 1. The number of hydrogen-bond donors (Lipinski definition) is 3. The quantitative estimate of drug-likeness (QED) is 0.719. The van der Waals surface area contributed by atoms with Gasteiger partial charge < -0.3 is 15.3 Å². The normalized spacial score (nSPS) is 9.50. The van der Waals surface area contributed by atoms with Crippen LogP contribution in [-0.2, 0) is 13.2 Å². The average Bonchev–Trinajstić information content (AvgIpc) is 2.44. The van der Waals surface area contributed by atoms with Crippen LogP contribution in [0.15, 0.2) is 31.0 Å². The molecule has 2 aromatic heterocycles. The lowest BCUT2D eigenvalue weighted by Gasteiger charge is -2.07. The lowest BCUT2D eigenvalue weighted by atomic mass is 10.1. The minimum atomic E-state index is -0.287. The van der Waals surface area contributed by atoms with E-state index in [0.29, 0.717) is 16.8 Å². The van der Waals surface area contributed by atoms with Gasteiger partial charge in [-0.05, 0) is 13.0 Å². The SMILES string of the molecule is Cc1ncc(CO)c(CO)c1O.c1cncnc1. The summed E-state index contributed by atoms with van der Waals surface area (Å²) in [6.07, 6.45) is 6.32. The van der Waals surface area contributed by atoms with Crippen LogP contribution in [0.1, 0.15) is 16.8 Å². The molecule has 2 rings (SSSR count). The van der Waals surface area contributed by atoms with Gasteiger partial charge in [-0.15, -0.1) is 0 Å². The van der Waals surface area contributed by atoms with Crippen LogP contribution in [0.3, 0.4) is 0 Å². The Morgan fingerprint density at radius 2 is 1.78 bits per heavy atom. The molecule has 96 valence electrons. The predicted molar refractivity (Wildman–Crippen MR) is 64.5 cm³/mol. The van der Waals surface area contributed by atoms with E-state index in [1.807, 2.05) is 0 Å². The van der Waals surface area contributed by atoms with Crippen molar-refractivity contribution in [3.63, 3.8) is 0 Å². The molecule has 0 atom stereocenters. The molecule has 0 radical (unpaired) electrons. The second-order valence-electron chi connectivity index (χ2n) is 3.42. The maximum absolute atomic E-state index is 9.38. The van der Waals surface area contributed by atoms with Crippen LogP contribution in [0.25, 0.3) is 0 Å². The highest BCUT2D eigenvalue weighted by molar-refractivity contribution is 5.39. The van der Waals surface area contributed by atoms with Gasteiger partial charge in [0.15, 0.2) is 0 Å². The minimum absolute atomic E-state index is 0.0379. The molecule has 0 saturated carbocycles. The van der Waals surface area contributed by atoms with Crippen molar-refractivity contribution in [3.8, 4) is 5.75 Å². The van der Waals surface area contributed by atoms with Crippen LogP contribution in [-0.4, -0.2) is 30.3 Å². The monoisotopic (exact) mass is 249 g/mol. The standard InChI is InChI=1S/C8H11NO3.C4H4N2/c1-5-8(12)7(4-11)6(3-10)2-9-5;1-2-5-4-6-3-1/h2,10-12H,3-4H2,1H3;1-4H. The van der Waals surface area contributed by atoms with E-state index in [1.165, 1.54) is 12.5 Å². The molecular formula is C12H15N3O3. The largest absolute Gasteiger partial charge is 0.506 e. The van der Waals surface area contributed by atoms with Gasteiger partial charge in [0.05, 0.1) is 18.9 Å². The molecule has 2 aromatic rings. The summed E-state index contributed by atoms with van der Waals surface area (Å²) in [6, 6.07) is 1.78. The molecule has 6 heteroatoms. The number of hydrogen-bond acceptors (Lipinski definition) is 6. The zero-order valence-electron chi connectivity index (χ0n) is 9.98. The molecule has 0 spiro atoms. The van der Waals surface area contributed by atoms with Gasteiger partial charge in [0.25, 0.3) is 0 Å². The number of aliphatic hydroxyl groups is 2. The van der Waals surface area contributed by atoms with E-state index in [-0.39, 0.29) is 19.0 Å². The van der Waals surface area contributed by atoms with E-state index < -0.39 is 0 Å². The maximum Gasteiger partial charge on any atom is 0.142 e. The van der Waals surface area contributed by atoms with Crippen molar-refractivity contribution in [2.24, 2.45) is 0 Å². The van der Waals surface area contributed by atoms with E-state index in [4.69, 9.17) is 10.2 Å². The number of rotatable bonds is 2. The van der Waals surface area contributed by atoms with Gasteiger partial charge in [0.1, 0.15) is 12.1 Å². The van der Waals surface area contributed by atoms with Gasteiger partial charge in [0, 0.05) is 29.7 Å². The summed E-state index contributed by atoms with van der Waals surface area (Å²) in [6.45, 7) is 1.12. The van der Waals surface area contributed by atoms with Gasteiger partial charge in [0.2, 0.25) is 0 Å². The smallest absolute Gasteiger partial charge is 0.142 e. The molecule has 0 aliphatic heterocycles. The van der Waals surface area contributed by atoms with E-state index in [2.05, 4.69) is 15.0 Å². The summed E-state index contributed by atoms with van der Waals surface area (Å²) >= 11 is 0. The lowest BCUT2D eigenvalue weighted by molar-refractivity contribution is 0.254. The fraction of sp³-hybridized carbons (Fsp3) is 0.250. The van der Waals surface area contributed by atoms with E-state index >= 15 is 0 Å². The van der Waals surface area contributed by atoms with Crippen molar-refractivity contribution in [2.45, 2.75) is 20.1 Å². The molecule has 2 heterocycles. The van der Waals surface area contributed by atoms with Crippen molar-refractivity contribution >= 4 is 0 Å². The number of pyridine rings is 1. The Morgan fingerprint density at radius 3 is 2.17 bits per heavy atom. The molecule has 0 aliphatic rings. The first-order chi connectivity index (χ1) is 8.70. The second kappa shape index (κ2) is 7.31. The summed E-state index contributed by atoms with van der Waals surface area (Å²) in [4.78, 5) is 11.2.